The smallest absolute Gasteiger partial charge is 0.266 e. The maximum absolute atomic E-state index is 12.7. The Morgan fingerprint density at radius 2 is 1.73 bits per heavy atom. The van der Waals surface area contributed by atoms with Crippen LogP contribution in [-0.4, -0.2) is 25.0 Å². The highest BCUT2D eigenvalue weighted by Crippen LogP contribution is 2.30. The standard InChI is InChI=1S/C29H28ClN3O4/c1-5-36-27-14-21(13-22(16-31)29(35)33-25-10-6-18(2)12-20(25)4)8-11-26(27)37-17-28(34)32-23-9-7-19(3)24(30)15-23/h6-15H,5,17H2,1-4H3,(H,32,34)(H,33,35)/b22-13+. The number of carbonyl (C=O) groups excluding carboxylic acids is 2. The predicted molar refractivity (Wildman–Crippen MR) is 146 cm³/mol. The molecule has 0 aliphatic rings. The lowest BCUT2D eigenvalue weighted by Crippen LogP contribution is -2.20. The molecule has 0 spiro atoms. The maximum atomic E-state index is 12.7. The number of hydrogen-bond donors (Lipinski definition) is 2. The Kier molecular flexibility index (Phi) is 9.31. The van der Waals surface area contributed by atoms with Crippen molar-refractivity contribution in [2.75, 3.05) is 23.8 Å². The van der Waals surface area contributed by atoms with E-state index in [1.165, 1.54) is 6.08 Å². The highest BCUT2D eigenvalue weighted by Gasteiger charge is 2.14. The number of ether oxygens (including phenoxy) is 2. The molecule has 37 heavy (non-hydrogen) atoms. The second kappa shape index (κ2) is 12.6. The average Bonchev–Trinajstić information content (AvgIpc) is 2.86. The largest absolute Gasteiger partial charge is 0.490 e. The number of amides is 2. The zero-order valence-electron chi connectivity index (χ0n) is 21.1. The Hall–Kier alpha value is -4.28. The molecule has 0 unspecified atom stereocenters. The molecule has 3 aromatic rings. The third-order valence-corrected chi connectivity index (χ3v) is 5.80. The summed E-state index contributed by atoms with van der Waals surface area (Å²) < 4.78 is 11.3. The van der Waals surface area contributed by atoms with Gasteiger partial charge in [-0.15, -0.1) is 0 Å². The van der Waals surface area contributed by atoms with Gasteiger partial charge in [0, 0.05) is 16.4 Å². The van der Waals surface area contributed by atoms with Gasteiger partial charge in [-0.2, -0.15) is 5.26 Å². The fourth-order valence-electron chi connectivity index (χ4n) is 3.47. The van der Waals surface area contributed by atoms with Gasteiger partial charge in [0.15, 0.2) is 18.1 Å². The molecule has 0 radical (unpaired) electrons. The van der Waals surface area contributed by atoms with E-state index in [1.807, 2.05) is 52.0 Å². The third-order valence-electron chi connectivity index (χ3n) is 5.39. The summed E-state index contributed by atoms with van der Waals surface area (Å²) >= 11 is 6.11. The summed E-state index contributed by atoms with van der Waals surface area (Å²) in [6, 6.07) is 17.8. The van der Waals surface area contributed by atoms with Crippen LogP contribution < -0.4 is 20.1 Å². The van der Waals surface area contributed by atoms with Crippen LogP contribution in [0, 0.1) is 32.1 Å². The summed E-state index contributed by atoms with van der Waals surface area (Å²) in [4.78, 5) is 25.1. The molecular weight excluding hydrogens is 490 g/mol. The summed E-state index contributed by atoms with van der Waals surface area (Å²) in [5, 5.41) is 15.7. The molecule has 0 saturated carbocycles. The molecule has 3 rings (SSSR count). The van der Waals surface area contributed by atoms with Crippen molar-refractivity contribution in [1.82, 2.24) is 0 Å². The summed E-state index contributed by atoms with van der Waals surface area (Å²) in [6.45, 7) is 7.66. The van der Waals surface area contributed by atoms with Crippen LogP contribution in [0.25, 0.3) is 6.08 Å². The van der Waals surface area contributed by atoms with Gasteiger partial charge in [0.05, 0.1) is 6.61 Å². The molecule has 2 amide bonds. The number of halogens is 1. The van der Waals surface area contributed by atoms with E-state index in [4.69, 9.17) is 21.1 Å². The van der Waals surface area contributed by atoms with Gasteiger partial charge in [-0.05, 0) is 80.8 Å². The lowest BCUT2D eigenvalue weighted by Gasteiger charge is -2.13. The molecule has 0 aliphatic heterocycles. The highest BCUT2D eigenvalue weighted by atomic mass is 35.5. The first-order chi connectivity index (χ1) is 17.7. The van der Waals surface area contributed by atoms with Crippen molar-refractivity contribution >= 4 is 40.9 Å². The fraction of sp³-hybridized carbons (Fsp3) is 0.207. The molecule has 7 nitrogen and oxygen atoms in total. The first-order valence-electron chi connectivity index (χ1n) is 11.7. The van der Waals surface area contributed by atoms with Gasteiger partial charge in [-0.3, -0.25) is 9.59 Å². The van der Waals surface area contributed by atoms with Gasteiger partial charge in [-0.1, -0.05) is 41.4 Å². The molecule has 2 N–H and O–H groups in total. The quantitative estimate of drug-likeness (QED) is 0.259. The van der Waals surface area contributed by atoms with Crippen LogP contribution in [-0.2, 0) is 9.59 Å². The van der Waals surface area contributed by atoms with Crippen molar-refractivity contribution < 1.29 is 19.1 Å². The number of nitriles is 1. The normalized spacial score (nSPS) is 10.9. The van der Waals surface area contributed by atoms with Gasteiger partial charge < -0.3 is 20.1 Å². The fourth-order valence-corrected chi connectivity index (χ4v) is 3.65. The van der Waals surface area contributed by atoms with Crippen LogP contribution in [0.3, 0.4) is 0 Å². The van der Waals surface area contributed by atoms with E-state index in [-0.39, 0.29) is 18.1 Å². The Bertz CT molecular complexity index is 1390. The molecule has 0 fully saturated rings. The summed E-state index contributed by atoms with van der Waals surface area (Å²) in [6.07, 6.45) is 1.47. The van der Waals surface area contributed by atoms with Crippen LogP contribution in [0.15, 0.2) is 60.2 Å². The summed E-state index contributed by atoms with van der Waals surface area (Å²) in [5.41, 5.74) is 4.61. The summed E-state index contributed by atoms with van der Waals surface area (Å²) in [5.74, 6) is -0.134. The number of anilines is 2. The second-order valence-electron chi connectivity index (χ2n) is 8.38. The van der Waals surface area contributed by atoms with E-state index < -0.39 is 5.91 Å². The van der Waals surface area contributed by atoms with E-state index >= 15 is 0 Å². The highest BCUT2D eigenvalue weighted by molar-refractivity contribution is 6.31. The van der Waals surface area contributed by atoms with E-state index in [2.05, 4.69) is 10.6 Å². The Morgan fingerprint density at radius 1 is 0.946 bits per heavy atom. The van der Waals surface area contributed by atoms with Crippen molar-refractivity contribution in [3.8, 4) is 17.6 Å². The van der Waals surface area contributed by atoms with Crippen LogP contribution in [0.2, 0.25) is 5.02 Å². The van der Waals surface area contributed by atoms with Crippen molar-refractivity contribution in [2.24, 2.45) is 0 Å². The number of carbonyl (C=O) groups is 2. The van der Waals surface area contributed by atoms with E-state index in [9.17, 15) is 14.9 Å². The maximum Gasteiger partial charge on any atom is 0.266 e. The van der Waals surface area contributed by atoms with Gasteiger partial charge >= 0.3 is 0 Å². The van der Waals surface area contributed by atoms with Crippen molar-refractivity contribution in [2.45, 2.75) is 27.7 Å². The number of rotatable bonds is 9. The summed E-state index contributed by atoms with van der Waals surface area (Å²) in [7, 11) is 0. The minimum Gasteiger partial charge on any atom is -0.490 e. The van der Waals surface area contributed by atoms with Gasteiger partial charge in [0.1, 0.15) is 11.6 Å². The lowest BCUT2D eigenvalue weighted by molar-refractivity contribution is -0.118. The van der Waals surface area contributed by atoms with Crippen LogP contribution in [0.5, 0.6) is 11.5 Å². The van der Waals surface area contributed by atoms with Crippen molar-refractivity contribution in [1.29, 1.82) is 5.26 Å². The molecule has 0 aromatic heterocycles. The number of nitrogens with one attached hydrogen (secondary N) is 2. The zero-order valence-corrected chi connectivity index (χ0v) is 21.9. The van der Waals surface area contributed by atoms with Crippen LogP contribution >= 0.6 is 11.6 Å². The Labute approximate surface area is 221 Å². The lowest BCUT2D eigenvalue weighted by atomic mass is 10.1. The van der Waals surface area contributed by atoms with Crippen LogP contribution in [0.4, 0.5) is 11.4 Å². The average molecular weight is 518 g/mol. The number of nitrogens with zero attached hydrogens (tertiary/aromatic N) is 1. The molecule has 3 aromatic carbocycles. The molecule has 0 atom stereocenters. The molecule has 8 heteroatoms. The molecule has 0 saturated heterocycles. The minimum absolute atomic E-state index is 0.0628. The second-order valence-corrected chi connectivity index (χ2v) is 8.79. The minimum atomic E-state index is -0.513. The molecule has 0 heterocycles. The van der Waals surface area contributed by atoms with Gasteiger partial charge in [0.2, 0.25) is 0 Å². The topological polar surface area (TPSA) is 100 Å². The Balaban J connectivity index is 1.72. The molecule has 0 bridgehead atoms. The number of benzene rings is 3. The molecule has 190 valence electrons. The van der Waals surface area contributed by atoms with Crippen LogP contribution in [0.1, 0.15) is 29.2 Å². The van der Waals surface area contributed by atoms with E-state index in [0.29, 0.717) is 40.1 Å². The first kappa shape index (κ1) is 27.3. The predicted octanol–water partition coefficient (Wildman–Crippen LogP) is 6.23. The zero-order chi connectivity index (χ0) is 26.9. The third kappa shape index (κ3) is 7.60. The monoisotopic (exact) mass is 517 g/mol. The van der Waals surface area contributed by atoms with Crippen molar-refractivity contribution in [3.05, 3.63) is 87.4 Å². The molecule has 0 aliphatic carbocycles. The Morgan fingerprint density at radius 3 is 2.41 bits per heavy atom. The molecular formula is C29H28ClN3O4. The van der Waals surface area contributed by atoms with E-state index in [1.54, 1.807) is 36.4 Å². The van der Waals surface area contributed by atoms with E-state index in [0.717, 1.165) is 16.7 Å². The van der Waals surface area contributed by atoms with Gasteiger partial charge in [0.25, 0.3) is 11.8 Å². The van der Waals surface area contributed by atoms with Crippen molar-refractivity contribution in [3.63, 3.8) is 0 Å². The SMILES string of the molecule is CCOc1cc(/C=C(\C#N)C(=O)Nc2ccc(C)cc2C)ccc1OCC(=O)Nc1ccc(C)c(Cl)c1. The number of hydrogen-bond acceptors (Lipinski definition) is 5. The number of aryl methyl sites for hydroxylation is 3. The van der Waals surface area contributed by atoms with Gasteiger partial charge in [-0.25, -0.2) is 0 Å². The first-order valence-corrected chi connectivity index (χ1v) is 12.0.